The summed E-state index contributed by atoms with van der Waals surface area (Å²) in [6, 6.07) is 0. The number of ether oxygens (including phenoxy) is 1. The Morgan fingerprint density at radius 1 is 2.00 bits per heavy atom. The number of hydrogen-bond donors (Lipinski definition) is 1. The van der Waals surface area contributed by atoms with Crippen molar-refractivity contribution in [2.45, 2.75) is 11.8 Å². The molecule has 1 N–H and O–H groups in total. The van der Waals surface area contributed by atoms with Crippen molar-refractivity contribution in [3.8, 4) is 0 Å². The highest BCUT2D eigenvalue weighted by atomic mass is 79.9. The Bertz CT molecular complexity index is 81.4. The number of esters is 1. The van der Waals surface area contributed by atoms with E-state index in [4.69, 9.17) is 5.11 Å². The van der Waals surface area contributed by atoms with Crippen molar-refractivity contribution >= 4 is 21.9 Å². The van der Waals surface area contributed by atoms with Gasteiger partial charge in [-0.1, -0.05) is 15.9 Å². The predicted octanol–water partition coefficient (Wildman–Crippen LogP) is 0.263. The maximum absolute atomic E-state index is 10.3. The molecule has 8 heavy (non-hydrogen) atoms. The molecule has 0 aromatic rings. The largest absolute Gasteiger partial charge is 0.438 e. The molecule has 0 aliphatic carbocycles. The first kappa shape index (κ1) is 7.91. The first-order chi connectivity index (χ1) is 3.68. The highest BCUT2D eigenvalue weighted by Gasteiger charge is 2.07. The molecule has 0 aromatic heterocycles. The second-order valence-electron chi connectivity index (χ2n) is 1.21. The molecular formula is C4H7BrO3. The third-order valence-corrected chi connectivity index (χ3v) is 0.905. The van der Waals surface area contributed by atoms with E-state index < -0.39 is 12.8 Å². The molecule has 0 aliphatic rings. The second kappa shape index (κ2) is 3.86. The minimum atomic E-state index is -0.547. The first-order valence-electron chi connectivity index (χ1n) is 2.10. The number of rotatable bonds is 2. The standard InChI is InChI=1S/C4H7BrO3/c1-3(5)4(7)8-2-6/h3,6H,2H2,1H3. The Kier molecular flexibility index (Phi) is 3.81. The van der Waals surface area contributed by atoms with Crippen molar-refractivity contribution < 1.29 is 14.6 Å². The number of hydrogen-bond acceptors (Lipinski definition) is 3. The Balaban J connectivity index is 3.33. The van der Waals surface area contributed by atoms with Crippen LogP contribution in [0.4, 0.5) is 0 Å². The van der Waals surface area contributed by atoms with Crippen LogP contribution in [-0.2, 0) is 9.53 Å². The van der Waals surface area contributed by atoms with Crippen molar-refractivity contribution in [1.29, 1.82) is 0 Å². The third-order valence-electron chi connectivity index (χ3n) is 0.532. The normalized spacial score (nSPS) is 12.9. The van der Waals surface area contributed by atoms with Crippen LogP contribution in [0.1, 0.15) is 6.92 Å². The molecule has 0 spiro atoms. The van der Waals surface area contributed by atoms with E-state index in [9.17, 15) is 4.79 Å². The number of aliphatic hydroxyl groups excluding tert-OH is 1. The molecule has 0 saturated carbocycles. The highest BCUT2D eigenvalue weighted by Crippen LogP contribution is 1.98. The Morgan fingerprint density at radius 3 is 2.62 bits per heavy atom. The fourth-order valence-corrected chi connectivity index (χ4v) is 0.311. The van der Waals surface area contributed by atoms with E-state index >= 15 is 0 Å². The summed E-state index contributed by atoms with van der Waals surface area (Å²) in [5.41, 5.74) is 0. The molecule has 0 rings (SSSR count). The fourth-order valence-electron chi connectivity index (χ4n) is 0.178. The number of halogens is 1. The summed E-state index contributed by atoms with van der Waals surface area (Å²) < 4.78 is 4.17. The van der Waals surface area contributed by atoms with Gasteiger partial charge in [0.25, 0.3) is 0 Å². The summed E-state index contributed by atoms with van der Waals surface area (Å²) in [6.45, 7) is 1.08. The van der Waals surface area contributed by atoms with Gasteiger partial charge < -0.3 is 9.84 Å². The van der Waals surface area contributed by atoms with E-state index in [1.54, 1.807) is 6.92 Å². The van der Waals surface area contributed by atoms with Crippen LogP contribution in [0.25, 0.3) is 0 Å². The molecule has 0 radical (unpaired) electrons. The smallest absolute Gasteiger partial charge is 0.321 e. The van der Waals surface area contributed by atoms with Gasteiger partial charge in [-0.05, 0) is 6.92 Å². The molecule has 4 heteroatoms. The summed E-state index contributed by atoms with van der Waals surface area (Å²) in [7, 11) is 0. The molecule has 1 unspecified atom stereocenters. The second-order valence-corrected chi connectivity index (χ2v) is 2.58. The number of carbonyl (C=O) groups excluding carboxylic acids is 1. The van der Waals surface area contributed by atoms with E-state index in [1.807, 2.05) is 0 Å². The van der Waals surface area contributed by atoms with Crippen LogP contribution in [0.15, 0.2) is 0 Å². The lowest BCUT2D eigenvalue weighted by Gasteiger charge is -1.99. The molecule has 0 amide bonds. The van der Waals surface area contributed by atoms with Gasteiger partial charge in [-0.3, -0.25) is 4.79 Å². The van der Waals surface area contributed by atoms with E-state index in [0.717, 1.165) is 0 Å². The lowest BCUT2D eigenvalue weighted by atomic mass is 10.5. The molecule has 0 bridgehead atoms. The lowest BCUT2D eigenvalue weighted by Crippen LogP contribution is -2.14. The molecule has 0 aliphatic heterocycles. The minimum Gasteiger partial charge on any atom is -0.438 e. The van der Waals surface area contributed by atoms with E-state index in [1.165, 1.54) is 0 Å². The van der Waals surface area contributed by atoms with E-state index in [-0.39, 0.29) is 4.83 Å². The highest BCUT2D eigenvalue weighted by molar-refractivity contribution is 9.10. The van der Waals surface area contributed by atoms with Gasteiger partial charge >= 0.3 is 5.97 Å². The topological polar surface area (TPSA) is 46.5 Å². The van der Waals surface area contributed by atoms with Gasteiger partial charge in [0.1, 0.15) is 4.83 Å². The molecular weight excluding hydrogens is 176 g/mol. The molecule has 0 saturated heterocycles. The molecule has 1 atom stereocenters. The Labute approximate surface area is 55.8 Å². The molecule has 0 fully saturated rings. The van der Waals surface area contributed by atoms with Gasteiger partial charge in [-0.15, -0.1) is 0 Å². The fraction of sp³-hybridized carbons (Fsp3) is 0.750. The van der Waals surface area contributed by atoms with Crippen molar-refractivity contribution in [2.24, 2.45) is 0 Å². The van der Waals surface area contributed by atoms with Gasteiger partial charge in [0.15, 0.2) is 6.79 Å². The van der Waals surface area contributed by atoms with E-state index in [2.05, 4.69) is 20.7 Å². The van der Waals surface area contributed by atoms with Crippen LogP contribution < -0.4 is 0 Å². The Hall–Kier alpha value is -0.0900. The number of carbonyl (C=O) groups is 1. The molecule has 48 valence electrons. The molecule has 0 aromatic carbocycles. The number of alkyl halides is 1. The average molecular weight is 183 g/mol. The molecule has 0 heterocycles. The summed E-state index contributed by atoms with van der Waals surface area (Å²) >= 11 is 2.96. The van der Waals surface area contributed by atoms with Crippen LogP contribution in [0, 0.1) is 0 Å². The third kappa shape index (κ3) is 2.98. The maximum atomic E-state index is 10.3. The molecule has 3 nitrogen and oxygen atoms in total. The van der Waals surface area contributed by atoms with Gasteiger partial charge in [-0.2, -0.15) is 0 Å². The van der Waals surface area contributed by atoms with E-state index in [0.29, 0.717) is 0 Å². The SMILES string of the molecule is CC(Br)C(=O)OCO. The van der Waals surface area contributed by atoms with Crippen molar-refractivity contribution in [2.75, 3.05) is 6.79 Å². The summed E-state index contributed by atoms with van der Waals surface area (Å²) in [4.78, 5) is 9.98. The van der Waals surface area contributed by atoms with Gasteiger partial charge in [0.2, 0.25) is 0 Å². The van der Waals surface area contributed by atoms with Crippen LogP contribution in [-0.4, -0.2) is 22.7 Å². The van der Waals surface area contributed by atoms with Crippen LogP contribution in [0.5, 0.6) is 0 Å². The van der Waals surface area contributed by atoms with Crippen LogP contribution in [0.3, 0.4) is 0 Å². The monoisotopic (exact) mass is 182 g/mol. The average Bonchev–Trinajstić information content (AvgIpc) is 1.67. The van der Waals surface area contributed by atoms with Crippen molar-refractivity contribution in [3.63, 3.8) is 0 Å². The predicted molar refractivity (Wildman–Crippen MR) is 31.6 cm³/mol. The zero-order valence-electron chi connectivity index (χ0n) is 4.43. The summed E-state index contributed by atoms with van der Waals surface area (Å²) in [6.07, 6.45) is 0. The van der Waals surface area contributed by atoms with Gasteiger partial charge in [0.05, 0.1) is 0 Å². The van der Waals surface area contributed by atoms with Gasteiger partial charge in [0, 0.05) is 0 Å². The van der Waals surface area contributed by atoms with Gasteiger partial charge in [-0.25, -0.2) is 0 Å². The first-order valence-corrected chi connectivity index (χ1v) is 3.01. The van der Waals surface area contributed by atoms with Crippen molar-refractivity contribution in [3.05, 3.63) is 0 Å². The lowest BCUT2D eigenvalue weighted by molar-refractivity contribution is -0.150. The van der Waals surface area contributed by atoms with Crippen LogP contribution in [0.2, 0.25) is 0 Å². The number of aliphatic hydroxyl groups is 1. The van der Waals surface area contributed by atoms with Crippen molar-refractivity contribution in [1.82, 2.24) is 0 Å². The van der Waals surface area contributed by atoms with Crippen LogP contribution >= 0.6 is 15.9 Å². The zero-order chi connectivity index (χ0) is 6.57. The maximum Gasteiger partial charge on any atom is 0.321 e. The summed E-state index contributed by atoms with van der Waals surface area (Å²) in [5.74, 6) is -0.451. The minimum absolute atomic E-state index is 0.338. The Morgan fingerprint density at radius 2 is 2.50 bits per heavy atom. The summed E-state index contributed by atoms with van der Waals surface area (Å²) in [5, 5.41) is 8.02. The zero-order valence-corrected chi connectivity index (χ0v) is 6.01. The quantitative estimate of drug-likeness (QED) is 0.379.